The van der Waals surface area contributed by atoms with Crippen LogP contribution in [0.2, 0.25) is 0 Å². The van der Waals surface area contributed by atoms with Gasteiger partial charge in [0.1, 0.15) is 56.6 Å². The number of hydrogen-bond donors (Lipinski definition) is 0. The quantitative estimate of drug-likeness (QED) is 0.0739. The van der Waals surface area contributed by atoms with E-state index in [4.69, 9.17) is 0 Å². The lowest BCUT2D eigenvalue weighted by atomic mass is 10.1. The van der Waals surface area contributed by atoms with Crippen molar-refractivity contribution in [3.8, 4) is 0 Å². The van der Waals surface area contributed by atoms with E-state index >= 15 is 0 Å². The lowest BCUT2D eigenvalue weighted by Crippen LogP contribution is -1.78. The Kier molecular flexibility index (Phi) is 74.7. The molecule has 9 aromatic rings. The van der Waals surface area contributed by atoms with Gasteiger partial charge in [0.15, 0.2) is 0 Å². The minimum atomic E-state index is 0.692. The highest BCUT2D eigenvalue weighted by Crippen LogP contribution is 2.10. The first-order chi connectivity index (χ1) is 44.7. The normalized spacial score (nSPS) is 7.93. The van der Waals surface area contributed by atoms with Gasteiger partial charge in [0.05, 0.1) is 0 Å². The largest absolute Gasteiger partial charge is 0.298 e. The summed E-state index contributed by atoms with van der Waals surface area (Å²) in [6.07, 6.45) is 12.7. The van der Waals surface area contributed by atoms with Gasteiger partial charge < -0.3 is 0 Å². The van der Waals surface area contributed by atoms with Gasteiger partial charge in [-0.15, -0.1) is 39.5 Å². The second kappa shape index (κ2) is 73.6. The maximum atomic E-state index is 10.2. The summed E-state index contributed by atoms with van der Waals surface area (Å²) < 4.78 is 1.93. The molecule has 0 spiro atoms. The molecule has 9 rings (SSSR count). The number of benzene rings is 9. The second-order valence-electron chi connectivity index (χ2n) is 16.3. The summed E-state index contributed by atoms with van der Waals surface area (Å²) in [6, 6.07) is 73.1. The van der Waals surface area contributed by atoms with Gasteiger partial charge in [0.2, 0.25) is 0 Å². The smallest absolute Gasteiger partial charge is 0.150 e. The van der Waals surface area contributed by atoms with Crippen LogP contribution in [0.25, 0.3) is 6.08 Å². The van der Waals surface area contributed by atoms with Crippen LogP contribution in [0.4, 0.5) is 0 Å². The van der Waals surface area contributed by atoms with Crippen molar-refractivity contribution in [3.05, 3.63) is 377 Å². The second-order valence-corrected chi connectivity index (χ2v) is 18.2. The third-order valence-corrected chi connectivity index (χ3v) is 10.4. The fourth-order valence-corrected chi connectivity index (χ4v) is 6.08. The van der Waals surface area contributed by atoms with E-state index in [0.717, 1.165) is 110 Å². The number of hydrogen-bond acceptors (Lipinski definition) is 9. The summed E-state index contributed by atoms with van der Waals surface area (Å²) in [5.41, 5.74) is 9.78. The average Bonchev–Trinajstić information content (AvgIpc) is 3.75. The van der Waals surface area contributed by atoms with E-state index < -0.39 is 0 Å². The molecule has 0 saturated carbocycles. The van der Waals surface area contributed by atoms with Crippen molar-refractivity contribution in [3.63, 3.8) is 0 Å². The van der Waals surface area contributed by atoms with E-state index in [1.165, 1.54) is 5.56 Å². The molecule has 92 heavy (non-hydrogen) atoms. The molecule has 0 aliphatic rings. The molecule has 0 bridgehead atoms. The molecule has 12 heteroatoms. The van der Waals surface area contributed by atoms with Crippen LogP contribution < -0.4 is 0 Å². The highest BCUT2D eigenvalue weighted by atomic mass is 79.9. The van der Waals surface area contributed by atoms with E-state index in [-0.39, 0.29) is 0 Å². The molecule has 0 aliphatic heterocycles. The lowest BCUT2D eigenvalue weighted by molar-refractivity contribution is 0.111. The van der Waals surface area contributed by atoms with Gasteiger partial charge in [-0.25, -0.2) is 0 Å². The van der Waals surface area contributed by atoms with Crippen LogP contribution in [-0.4, -0.2) is 62.4 Å². The van der Waals surface area contributed by atoms with Gasteiger partial charge in [0.25, 0.3) is 0 Å². The van der Waals surface area contributed by atoms with Crippen LogP contribution in [0.1, 0.15) is 138 Å². The maximum Gasteiger partial charge on any atom is 0.150 e. The molecule has 0 heterocycles. The molecular formula is C80H87Br3O9. The summed E-state index contributed by atoms with van der Waals surface area (Å²) in [5, 5.41) is 0. The van der Waals surface area contributed by atoms with Crippen LogP contribution in [-0.2, 0) is 0 Å². The molecule has 0 saturated heterocycles. The summed E-state index contributed by atoms with van der Waals surface area (Å²) in [5.74, 6) is 1.81. The Morgan fingerprint density at radius 2 is 0.489 bits per heavy atom. The van der Waals surface area contributed by atoms with Crippen molar-refractivity contribution in [2.24, 2.45) is 0 Å². The monoisotopic (exact) mass is 1430 g/mol. The third kappa shape index (κ3) is 59.1. The highest BCUT2D eigenvalue weighted by Gasteiger charge is 1.91. The van der Waals surface area contributed by atoms with E-state index in [1.54, 1.807) is 109 Å². The number of allylic oxidation sites excluding steroid dienone is 2. The molecule has 9 nitrogen and oxygen atoms in total. The van der Waals surface area contributed by atoms with Crippen molar-refractivity contribution < 1.29 is 43.2 Å². The van der Waals surface area contributed by atoms with Crippen LogP contribution >= 0.6 is 47.8 Å². The van der Waals surface area contributed by atoms with Gasteiger partial charge >= 0.3 is 0 Å². The molecule has 0 aromatic heterocycles. The molecule has 9 aromatic carbocycles. The molecule has 0 aliphatic carbocycles. The molecule has 0 N–H and O–H groups in total. The third-order valence-electron chi connectivity index (χ3n) is 9.41. The fourth-order valence-electron chi connectivity index (χ4n) is 5.40. The van der Waals surface area contributed by atoms with Gasteiger partial charge in [-0.1, -0.05) is 304 Å². The van der Waals surface area contributed by atoms with Crippen LogP contribution in [0.15, 0.2) is 310 Å². The van der Waals surface area contributed by atoms with Crippen LogP contribution in [0, 0.1) is 13.8 Å². The Labute approximate surface area is 573 Å². The molecule has 0 radical (unpaired) electrons. The number of carbonyl (C=O) groups is 9. The van der Waals surface area contributed by atoms with E-state index in [2.05, 4.69) is 93.8 Å². The van der Waals surface area contributed by atoms with Gasteiger partial charge in [-0.2, -0.15) is 0 Å². The topological polar surface area (TPSA) is 154 Å². The van der Waals surface area contributed by atoms with Crippen molar-refractivity contribution in [2.75, 3.05) is 5.83 Å². The Bertz CT molecular complexity index is 2960. The predicted octanol–water partition coefficient (Wildman–Crippen LogP) is 22.3. The van der Waals surface area contributed by atoms with Gasteiger partial charge in [-0.3, -0.25) is 43.2 Å². The highest BCUT2D eigenvalue weighted by molar-refractivity contribution is 9.10. The van der Waals surface area contributed by atoms with E-state index in [1.807, 2.05) is 199 Å². The van der Waals surface area contributed by atoms with Crippen LogP contribution in [0.3, 0.4) is 0 Å². The summed E-state index contributed by atoms with van der Waals surface area (Å²) >= 11 is 9.44. The minimum absolute atomic E-state index is 0.692. The van der Waals surface area contributed by atoms with Crippen molar-refractivity contribution in [1.29, 1.82) is 0 Å². The molecule has 0 atom stereocenters. The first kappa shape index (κ1) is 93.3. The Morgan fingerprint density at radius 3 is 0.728 bits per heavy atom. The zero-order valence-electron chi connectivity index (χ0n) is 53.8. The van der Waals surface area contributed by atoms with Crippen molar-refractivity contribution in [1.82, 2.24) is 0 Å². The van der Waals surface area contributed by atoms with E-state index in [9.17, 15) is 43.2 Å². The Balaban J connectivity index is -0.000000221. The first-order valence-electron chi connectivity index (χ1n) is 27.9. The number of aldehydes is 9. The number of carbonyl (C=O) groups excluding carboxylic acids is 9. The standard InChI is InChI=1S/C9H8O.2C8H8O.2C7H5BrO.4C7H6O.2C3H6.C2H6.2C2H4.CH3Br/c1-2-8-4-3-5-9(6-8)7-10;1-7-2-4-8(6-9)5-3-7;1-7-3-2-4-8(5-7)6-9;8-7-3-1-6(5-9)2-4-7;8-7-3-1-2-6(4-7)5-9;4*8-6-7-4-2-1-3-5-7;2*1-3-2;4*1-2/h2-7H,1H2;2*2-6H,1H3;2*1-5H;4*1-6H;2*3H,1H2,2H3;1-2H3;2*1-2H2;1H3. The average molecular weight is 1430 g/mol. The molecular weight excluding hydrogens is 1340 g/mol. The number of aryl methyl sites for hydroxylation is 2. The molecule has 0 amide bonds. The SMILES string of the molecule is C=C.C=C.C=CC.C=CC.C=Cc1cccc(C=O)c1.CBr.CC.Cc1ccc(C=O)cc1.Cc1cccc(C=O)c1.O=Cc1ccc(Br)cc1.O=Cc1cccc(Br)c1.O=Cc1ccccc1.O=Cc1ccccc1.O=Cc1ccccc1.O=Cc1ccccc1. The lowest BCUT2D eigenvalue weighted by Gasteiger charge is -1.91. The number of rotatable bonds is 10. The summed E-state index contributed by atoms with van der Waals surface area (Å²) in [7, 11) is 0. The minimum Gasteiger partial charge on any atom is -0.298 e. The van der Waals surface area contributed by atoms with Crippen LogP contribution in [0.5, 0.6) is 0 Å². The number of halogens is 3. The summed E-state index contributed by atoms with van der Waals surface area (Å²) in [6.45, 7) is 34.1. The van der Waals surface area contributed by atoms with Gasteiger partial charge in [-0.05, 0) is 75.5 Å². The van der Waals surface area contributed by atoms with Crippen molar-refractivity contribution in [2.45, 2.75) is 41.5 Å². The molecule has 0 unspecified atom stereocenters. The summed E-state index contributed by atoms with van der Waals surface area (Å²) in [4.78, 5) is 90.8. The van der Waals surface area contributed by atoms with E-state index in [0.29, 0.717) is 16.7 Å². The zero-order chi connectivity index (χ0) is 70.9. The first-order valence-corrected chi connectivity index (χ1v) is 31.1. The molecule has 482 valence electrons. The maximum absolute atomic E-state index is 10.2. The molecule has 0 fully saturated rings. The zero-order valence-corrected chi connectivity index (χ0v) is 58.5. The number of alkyl halides is 1. The van der Waals surface area contributed by atoms with Gasteiger partial charge in [0, 0.05) is 59.0 Å². The Hall–Kier alpha value is -9.85. The van der Waals surface area contributed by atoms with Crippen molar-refractivity contribution >= 4 is 110 Å². The fraction of sp³-hybridized carbons (Fsp3) is 0.0875. The Morgan fingerprint density at radius 1 is 0.261 bits per heavy atom. The predicted molar refractivity (Wildman–Crippen MR) is 402 cm³/mol.